The van der Waals surface area contributed by atoms with Crippen molar-refractivity contribution in [1.82, 2.24) is 20.2 Å². The number of ether oxygens (including phenoxy) is 2. The van der Waals surface area contributed by atoms with Crippen LogP contribution < -0.4 is 19.7 Å². The van der Waals surface area contributed by atoms with Gasteiger partial charge in [-0.25, -0.2) is 9.97 Å². The van der Waals surface area contributed by atoms with Gasteiger partial charge in [-0.3, -0.25) is 9.69 Å². The van der Waals surface area contributed by atoms with Crippen molar-refractivity contribution in [3.8, 4) is 11.5 Å². The predicted molar refractivity (Wildman–Crippen MR) is 134 cm³/mol. The maximum atomic E-state index is 12.3. The van der Waals surface area contributed by atoms with Gasteiger partial charge in [0.1, 0.15) is 11.5 Å². The highest BCUT2D eigenvalue weighted by Gasteiger charge is 2.28. The van der Waals surface area contributed by atoms with E-state index in [1.54, 1.807) is 12.4 Å². The Hall–Kier alpha value is -3.65. The predicted octanol–water partition coefficient (Wildman–Crippen LogP) is 2.69. The highest BCUT2D eigenvalue weighted by atomic mass is 16.5. The molecule has 1 aromatic heterocycles. The lowest BCUT2D eigenvalue weighted by molar-refractivity contribution is -0.127. The van der Waals surface area contributed by atoms with Gasteiger partial charge in [-0.2, -0.15) is 0 Å². The van der Waals surface area contributed by atoms with Gasteiger partial charge in [-0.15, -0.1) is 0 Å². The van der Waals surface area contributed by atoms with E-state index in [0.717, 1.165) is 62.2 Å². The van der Waals surface area contributed by atoms with Gasteiger partial charge in [0.15, 0.2) is 6.10 Å². The first kappa shape index (κ1) is 23.1. The summed E-state index contributed by atoms with van der Waals surface area (Å²) in [5, 5.41) is 2.95. The minimum atomic E-state index is -0.435. The van der Waals surface area contributed by atoms with E-state index in [1.807, 2.05) is 42.5 Å². The van der Waals surface area contributed by atoms with Crippen LogP contribution in [0.4, 0.5) is 5.95 Å². The number of rotatable bonds is 9. The molecule has 1 N–H and O–H groups in total. The molecule has 0 spiro atoms. The Balaban J connectivity index is 0.971. The number of carbonyl (C=O) groups excluding carboxylic acids is 1. The minimum Gasteiger partial charge on any atom is -0.494 e. The molecule has 1 saturated heterocycles. The van der Waals surface area contributed by atoms with Crippen LogP contribution in [0, 0.1) is 0 Å². The van der Waals surface area contributed by atoms with Crippen LogP contribution in [0.25, 0.3) is 0 Å². The molecule has 0 unspecified atom stereocenters. The lowest BCUT2D eigenvalue weighted by Crippen LogP contribution is -2.46. The van der Waals surface area contributed by atoms with Crippen LogP contribution in [-0.2, 0) is 17.8 Å². The highest BCUT2D eigenvalue weighted by Crippen LogP contribution is 2.28. The third kappa shape index (κ3) is 6.08. The Morgan fingerprint density at radius 1 is 1.00 bits per heavy atom. The molecule has 2 aliphatic rings. The van der Waals surface area contributed by atoms with E-state index >= 15 is 0 Å². The number of fused-ring (bicyclic) bond motifs is 1. The van der Waals surface area contributed by atoms with E-state index in [0.29, 0.717) is 19.6 Å². The van der Waals surface area contributed by atoms with Crippen molar-refractivity contribution in [2.75, 3.05) is 44.2 Å². The summed E-state index contributed by atoms with van der Waals surface area (Å²) in [6, 6.07) is 17.9. The van der Waals surface area contributed by atoms with Crippen LogP contribution >= 0.6 is 0 Å². The van der Waals surface area contributed by atoms with Gasteiger partial charge in [0.05, 0.1) is 6.61 Å². The maximum Gasteiger partial charge on any atom is 0.261 e. The fourth-order valence-electron chi connectivity index (χ4n) is 4.43. The Morgan fingerprint density at radius 2 is 1.77 bits per heavy atom. The number of nitrogens with one attached hydrogen (secondary N) is 1. The fourth-order valence-corrected chi connectivity index (χ4v) is 4.43. The molecule has 5 rings (SSSR count). The number of anilines is 1. The van der Waals surface area contributed by atoms with Crippen LogP contribution in [-0.4, -0.2) is 66.2 Å². The van der Waals surface area contributed by atoms with Crippen LogP contribution in [0.2, 0.25) is 0 Å². The summed E-state index contributed by atoms with van der Waals surface area (Å²) < 4.78 is 11.6. The summed E-state index contributed by atoms with van der Waals surface area (Å²) in [7, 11) is 0. The zero-order valence-electron chi connectivity index (χ0n) is 19.8. The summed E-state index contributed by atoms with van der Waals surface area (Å²) in [6.45, 7) is 5.87. The molecule has 2 aliphatic heterocycles. The van der Waals surface area contributed by atoms with Gasteiger partial charge in [0, 0.05) is 58.1 Å². The number of amides is 1. The van der Waals surface area contributed by atoms with E-state index in [4.69, 9.17) is 9.47 Å². The van der Waals surface area contributed by atoms with Crippen LogP contribution in [0.15, 0.2) is 67.0 Å². The molecular weight excluding hydrogens is 442 g/mol. The summed E-state index contributed by atoms with van der Waals surface area (Å²) in [5.41, 5.74) is 2.36. The molecule has 1 fully saturated rings. The summed E-state index contributed by atoms with van der Waals surface area (Å²) in [4.78, 5) is 25.7. The molecule has 0 saturated carbocycles. The van der Waals surface area contributed by atoms with Gasteiger partial charge < -0.3 is 19.7 Å². The zero-order chi connectivity index (χ0) is 23.9. The number of aromatic nitrogens is 2. The van der Waals surface area contributed by atoms with Gasteiger partial charge in [-0.1, -0.05) is 30.3 Å². The minimum absolute atomic E-state index is 0.0670. The van der Waals surface area contributed by atoms with Gasteiger partial charge in [0.2, 0.25) is 5.95 Å². The van der Waals surface area contributed by atoms with E-state index < -0.39 is 6.10 Å². The first-order valence-electron chi connectivity index (χ1n) is 12.2. The molecule has 182 valence electrons. The van der Waals surface area contributed by atoms with E-state index in [9.17, 15) is 4.79 Å². The molecule has 0 radical (unpaired) electrons. The number of hydrogen-bond acceptors (Lipinski definition) is 7. The van der Waals surface area contributed by atoms with Crippen LogP contribution in [0.5, 0.6) is 11.5 Å². The monoisotopic (exact) mass is 473 g/mol. The Kier molecular flexibility index (Phi) is 7.38. The number of benzene rings is 2. The average Bonchev–Trinajstić information content (AvgIpc) is 3.35. The van der Waals surface area contributed by atoms with E-state index in [2.05, 4.69) is 37.2 Å². The summed E-state index contributed by atoms with van der Waals surface area (Å²) in [6.07, 6.45) is 4.51. The van der Waals surface area contributed by atoms with Gasteiger partial charge in [-0.05, 0) is 41.8 Å². The SMILES string of the molecule is O=C(NCCCOc1ccc(CN2CCN(c3ncccn3)CC2)cc1)[C@@H]1Cc2ccccc2O1. The quantitative estimate of drug-likeness (QED) is 0.479. The zero-order valence-corrected chi connectivity index (χ0v) is 19.8. The largest absolute Gasteiger partial charge is 0.494 e. The normalized spacial score (nSPS) is 17.5. The standard InChI is InChI=1S/C27H31N5O3/c33-26(25-19-22-5-1-2-6-24(22)35-25)28-13-4-18-34-23-9-7-21(8-10-23)20-31-14-16-32(17-15-31)27-29-11-3-12-30-27/h1-3,5-12,25H,4,13-20H2,(H,28,33)/t25-/m0/s1. The number of piperazine rings is 1. The van der Waals surface area contributed by atoms with Crippen LogP contribution in [0.3, 0.4) is 0 Å². The number of para-hydroxylation sites is 1. The molecule has 3 aromatic rings. The third-order valence-corrected chi connectivity index (χ3v) is 6.37. The molecule has 0 bridgehead atoms. The second-order valence-electron chi connectivity index (χ2n) is 8.87. The van der Waals surface area contributed by atoms with Crippen molar-refractivity contribution in [3.05, 3.63) is 78.1 Å². The van der Waals surface area contributed by atoms with Crippen molar-refractivity contribution in [1.29, 1.82) is 0 Å². The molecule has 2 aromatic carbocycles. The van der Waals surface area contributed by atoms with Crippen molar-refractivity contribution in [2.45, 2.75) is 25.5 Å². The lowest BCUT2D eigenvalue weighted by Gasteiger charge is -2.34. The molecule has 8 heteroatoms. The lowest BCUT2D eigenvalue weighted by atomic mass is 10.1. The highest BCUT2D eigenvalue weighted by molar-refractivity contribution is 5.82. The smallest absolute Gasteiger partial charge is 0.261 e. The number of nitrogens with zero attached hydrogens (tertiary/aromatic N) is 4. The topological polar surface area (TPSA) is 79.8 Å². The van der Waals surface area contributed by atoms with E-state index in [-0.39, 0.29) is 5.91 Å². The summed E-state index contributed by atoms with van der Waals surface area (Å²) in [5.74, 6) is 2.40. The molecule has 0 aliphatic carbocycles. The van der Waals surface area contributed by atoms with Crippen LogP contribution in [0.1, 0.15) is 17.5 Å². The Bertz CT molecular complexity index is 1080. The van der Waals surface area contributed by atoms with Gasteiger partial charge in [0.25, 0.3) is 5.91 Å². The first-order valence-corrected chi connectivity index (χ1v) is 12.2. The average molecular weight is 474 g/mol. The first-order chi connectivity index (χ1) is 17.2. The van der Waals surface area contributed by atoms with E-state index in [1.165, 1.54) is 5.56 Å². The van der Waals surface area contributed by atoms with Crippen molar-refractivity contribution in [3.63, 3.8) is 0 Å². The maximum absolute atomic E-state index is 12.3. The Morgan fingerprint density at radius 3 is 2.54 bits per heavy atom. The van der Waals surface area contributed by atoms with Crippen molar-refractivity contribution in [2.24, 2.45) is 0 Å². The molecule has 8 nitrogen and oxygen atoms in total. The molecular formula is C27H31N5O3. The fraction of sp³-hybridized carbons (Fsp3) is 0.370. The Labute approximate surface area is 205 Å². The van der Waals surface area contributed by atoms with Crippen molar-refractivity contribution >= 4 is 11.9 Å². The molecule has 1 atom stereocenters. The second kappa shape index (κ2) is 11.2. The third-order valence-electron chi connectivity index (χ3n) is 6.37. The molecule has 1 amide bonds. The second-order valence-corrected chi connectivity index (χ2v) is 8.87. The summed E-state index contributed by atoms with van der Waals surface area (Å²) >= 11 is 0. The molecule has 3 heterocycles. The number of carbonyl (C=O) groups is 1. The van der Waals surface area contributed by atoms with Gasteiger partial charge >= 0.3 is 0 Å². The van der Waals surface area contributed by atoms with Crippen molar-refractivity contribution < 1.29 is 14.3 Å². The number of hydrogen-bond donors (Lipinski definition) is 1. The molecule has 35 heavy (non-hydrogen) atoms.